The van der Waals surface area contributed by atoms with Crippen molar-refractivity contribution >= 4 is 34.4 Å². The first kappa shape index (κ1) is 10.6. The Kier molecular flexibility index (Phi) is 2.54. The highest BCUT2D eigenvalue weighted by atomic mass is 35.5. The Labute approximate surface area is 106 Å². The van der Waals surface area contributed by atoms with E-state index in [4.69, 9.17) is 17.3 Å². The number of halogens is 1. The fourth-order valence-corrected chi connectivity index (χ4v) is 2.40. The first-order chi connectivity index (χ1) is 8.29. The smallest absolute Gasteiger partial charge is 0.131 e. The van der Waals surface area contributed by atoms with Gasteiger partial charge in [-0.3, -0.25) is 0 Å². The number of fused-ring (bicyclic) bond motifs is 1. The first-order valence-electron chi connectivity index (χ1n) is 4.95. The zero-order chi connectivity index (χ0) is 11.8. The lowest BCUT2D eigenvalue weighted by Crippen LogP contribution is -2.01. The molecule has 2 aromatic heterocycles. The number of hydrogen-bond acceptors (Lipinski definition) is 5. The number of nitrogens with zero attached hydrogens (tertiary/aromatic N) is 4. The van der Waals surface area contributed by atoms with Gasteiger partial charge in [-0.2, -0.15) is 13.8 Å². The molecule has 3 rings (SSSR count). The molecule has 5 nitrogen and oxygen atoms in total. The Hall–Kier alpha value is -1.50. The van der Waals surface area contributed by atoms with Gasteiger partial charge in [-0.1, -0.05) is 11.6 Å². The van der Waals surface area contributed by atoms with E-state index in [2.05, 4.69) is 13.8 Å². The second-order valence-corrected chi connectivity index (χ2v) is 4.42. The Morgan fingerprint density at radius 3 is 2.94 bits per heavy atom. The standard InChI is InChI=1S/C10H8ClN5S/c11-7-1-2-8-9(15-17-14-8)10(7)16-4-3-6(5-12)13-16/h1-4H,5,12H2. The van der Waals surface area contributed by atoms with Gasteiger partial charge in [0.1, 0.15) is 16.7 Å². The van der Waals surface area contributed by atoms with Gasteiger partial charge in [-0.25, -0.2) is 4.68 Å². The van der Waals surface area contributed by atoms with Crippen LogP contribution in [0.15, 0.2) is 24.4 Å². The third kappa shape index (κ3) is 1.70. The second kappa shape index (κ2) is 4.06. The molecule has 0 amide bonds. The van der Waals surface area contributed by atoms with E-state index in [1.807, 2.05) is 18.3 Å². The van der Waals surface area contributed by atoms with Crippen LogP contribution in [0.1, 0.15) is 5.69 Å². The monoisotopic (exact) mass is 265 g/mol. The van der Waals surface area contributed by atoms with Gasteiger partial charge >= 0.3 is 0 Å². The van der Waals surface area contributed by atoms with Gasteiger partial charge in [0, 0.05) is 12.7 Å². The zero-order valence-corrected chi connectivity index (χ0v) is 10.2. The van der Waals surface area contributed by atoms with Crippen molar-refractivity contribution in [2.75, 3.05) is 0 Å². The summed E-state index contributed by atoms with van der Waals surface area (Å²) in [5, 5.41) is 4.93. The van der Waals surface area contributed by atoms with Crippen molar-refractivity contribution in [1.82, 2.24) is 18.5 Å². The van der Waals surface area contributed by atoms with Crippen LogP contribution >= 0.6 is 23.3 Å². The van der Waals surface area contributed by atoms with Crippen molar-refractivity contribution in [3.05, 3.63) is 35.1 Å². The zero-order valence-electron chi connectivity index (χ0n) is 8.67. The van der Waals surface area contributed by atoms with Crippen LogP contribution in [-0.2, 0) is 6.54 Å². The van der Waals surface area contributed by atoms with Crippen molar-refractivity contribution in [1.29, 1.82) is 0 Å². The first-order valence-corrected chi connectivity index (χ1v) is 6.06. The third-order valence-electron chi connectivity index (χ3n) is 2.43. The Bertz CT molecular complexity index is 674. The maximum absolute atomic E-state index is 6.19. The van der Waals surface area contributed by atoms with Gasteiger partial charge in [0.2, 0.25) is 0 Å². The van der Waals surface area contributed by atoms with Gasteiger partial charge in [-0.05, 0) is 18.2 Å². The molecule has 0 aliphatic carbocycles. The van der Waals surface area contributed by atoms with Gasteiger partial charge in [-0.15, -0.1) is 0 Å². The summed E-state index contributed by atoms with van der Waals surface area (Å²) in [5.41, 5.74) is 8.67. The van der Waals surface area contributed by atoms with E-state index < -0.39 is 0 Å². The fourth-order valence-electron chi connectivity index (χ4n) is 1.63. The predicted octanol–water partition coefficient (Wildman–Crippen LogP) is 1.99. The van der Waals surface area contributed by atoms with Crippen LogP contribution in [0.5, 0.6) is 0 Å². The molecule has 0 radical (unpaired) electrons. The molecule has 0 spiro atoms. The van der Waals surface area contributed by atoms with Gasteiger partial charge in [0.05, 0.1) is 22.4 Å². The lowest BCUT2D eigenvalue weighted by molar-refractivity contribution is 0.837. The van der Waals surface area contributed by atoms with Crippen LogP contribution < -0.4 is 5.73 Å². The van der Waals surface area contributed by atoms with Gasteiger partial charge in [0.15, 0.2) is 0 Å². The molecule has 0 saturated heterocycles. The number of rotatable bonds is 2. The summed E-state index contributed by atoms with van der Waals surface area (Å²) in [7, 11) is 0. The van der Waals surface area contributed by atoms with Crippen molar-refractivity contribution in [3.63, 3.8) is 0 Å². The number of nitrogens with two attached hydrogens (primary N) is 1. The van der Waals surface area contributed by atoms with E-state index in [9.17, 15) is 0 Å². The summed E-state index contributed by atoms with van der Waals surface area (Å²) in [6.45, 7) is 0.399. The molecule has 0 aliphatic rings. The molecule has 2 N–H and O–H groups in total. The van der Waals surface area contributed by atoms with Crippen LogP contribution in [0.25, 0.3) is 16.7 Å². The Morgan fingerprint density at radius 1 is 1.29 bits per heavy atom. The Balaban J connectivity index is 2.27. The molecule has 0 unspecified atom stereocenters. The van der Waals surface area contributed by atoms with Crippen molar-refractivity contribution < 1.29 is 0 Å². The average molecular weight is 266 g/mol. The summed E-state index contributed by atoms with van der Waals surface area (Å²) in [6, 6.07) is 5.50. The molecular formula is C10H8ClN5S. The van der Waals surface area contributed by atoms with Crippen LogP contribution in [0, 0.1) is 0 Å². The van der Waals surface area contributed by atoms with Crippen LogP contribution in [0.2, 0.25) is 5.02 Å². The molecule has 0 atom stereocenters. The second-order valence-electron chi connectivity index (χ2n) is 3.48. The van der Waals surface area contributed by atoms with Crippen molar-refractivity contribution in [2.24, 2.45) is 5.73 Å². The maximum atomic E-state index is 6.19. The molecule has 7 heteroatoms. The molecule has 17 heavy (non-hydrogen) atoms. The summed E-state index contributed by atoms with van der Waals surface area (Å²) >= 11 is 7.35. The largest absolute Gasteiger partial charge is 0.325 e. The quantitative estimate of drug-likeness (QED) is 0.769. The molecule has 3 aromatic rings. The lowest BCUT2D eigenvalue weighted by atomic mass is 10.2. The van der Waals surface area contributed by atoms with E-state index in [-0.39, 0.29) is 0 Å². The summed E-state index contributed by atoms with van der Waals surface area (Å²) < 4.78 is 10.1. The highest BCUT2D eigenvalue weighted by Gasteiger charge is 2.12. The topological polar surface area (TPSA) is 69.6 Å². The van der Waals surface area contributed by atoms with E-state index in [1.165, 1.54) is 0 Å². The molecule has 1 aromatic carbocycles. The average Bonchev–Trinajstić information content (AvgIpc) is 2.96. The minimum atomic E-state index is 0.399. The molecule has 0 bridgehead atoms. The molecule has 2 heterocycles. The predicted molar refractivity (Wildman–Crippen MR) is 67.4 cm³/mol. The molecular weight excluding hydrogens is 258 g/mol. The Morgan fingerprint density at radius 2 is 2.18 bits per heavy atom. The SMILES string of the molecule is NCc1ccn(-c2c(Cl)ccc3nsnc23)n1. The van der Waals surface area contributed by atoms with E-state index in [1.54, 1.807) is 10.7 Å². The van der Waals surface area contributed by atoms with Crippen molar-refractivity contribution in [2.45, 2.75) is 6.54 Å². The number of benzene rings is 1. The highest BCUT2D eigenvalue weighted by molar-refractivity contribution is 7.00. The molecule has 0 fully saturated rings. The van der Waals surface area contributed by atoms with E-state index in [0.29, 0.717) is 11.6 Å². The van der Waals surface area contributed by atoms with Crippen molar-refractivity contribution in [3.8, 4) is 5.69 Å². The number of aromatic nitrogens is 4. The van der Waals surface area contributed by atoms with E-state index in [0.717, 1.165) is 34.1 Å². The molecule has 0 aliphatic heterocycles. The molecule has 0 saturated carbocycles. The third-order valence-corrected chi connectivity index (χ3v) is 3.28. The summed E-state index contributed by atoms with van der Waals surface area (Å²) in [5.74, 6) is 0. The maximum Gasteiger partial charge on any atom is 0.131 e. The lowest BCUT2D eigenvalue weighted by Gasteiger charge is -2.04. The van der Waals surface area contributed by atoms with Crippen LogP contribution in [0.3, 0.4) is 0 Å². The summed E-state index contributed by atoms with van der Waals surface area (Å²) in [4.78, 5) is 0. The van der Waals surface area contributed by atoms with Gasteiger partial charge < -0.3 is 5.73 Å². The fraction of sp³-hybridized carbons (Fsp3) is 0.100. The minimum Gasteiger partial charge on any atom is -0.325 e. The van der Waals surface area contributed by atoms with E-state index >= 15 is 0 Å². The summed E-state index contributed by atoms with van der Waals surface area (Å²) in [6.07, 6.45) is 1.82. The molecule has 86 valence electrons. The number of hydrogen-bond donors (Lipinski definition) is 1. The van der Waals surface area contributed by atoms with Crippen LogP contribution in [-0.4, -0.2) is 18.5 Å². The normalized spacial score (nSPS) is 11.2. The highest BCUT2D eigenvalue weighted by Crippen LogP contribution is 2.27. The van der Waals surface area contributed by atoms with Gasteiger partial charge in [0.25, 0.3) is 0 Å². The minimum absolute atomic E-state index is 0.399. The van der Waals surface area contributed by atoms with Crippen LogP contribution in [0.4, 0.5) is 0 Å².